The van der Waals surface area contributed by atoms with Gasteiger partial charge in [-0.3, -0.25) is 4.79 Å². The zero-order valence-corrected chi connectivity index (χ0v) is 7.60. The lowest BCUT2D eigenvalue weighted by atomic mass is 9.87. The molecule has 2 aliphatic heterocycles. The van der Waals surface area contributed by atoms with Gasteiger partial charge in [0, 0.05) is 13.6 Å². The van der Waals surface area contributed by atoms with E-state index in [1.165, 1.54) is 0 Å². The lowest BCUT2D eigenvalue weighted by molar-refractivity contribution is -0.139. The molecule has 12 heavy (non-hydrogen) atoms. The third-order valence-electron chi connectivity index (χ3n) is 3.10. The summed E-state index contributed by atoms with van der Waals surface area (Å²) in [4.78, 5) is 13.7. The molecule has 2 aliphatic rings. The van der Waals surface area contributed by atoms with Crippen LogP contribution < -0.4 is 5.32 Å². The molecule has 68 valence electrons. The minimum atomic E-state index is -0.160. The van der Waals surface area contributed by atoms with Crippen LogP contribution in [0, 0.1) is 0 Å². The third-order valence-corrected chi connectivity index (χ3v) is 3.10. The number of nitrogens with zero attached hydrogens (tertiary/aromatic N) is 1. The molecule has 1 amide bonds. The van der Waals surface area contributed by atoms with Gasteiger partial charge < -0.3 is 10.2 Å². The first-order chi connectivity index (χ1) is 5.75. The zero-order valence-electron chi connectivity index (χ0n) is 7.60. The predicted molar refractivity (Wildman–Crippen MR) is 46.8 cm³/mol. The van der Waals surface area contributed by atoms with E-state index in [4.69, 9.17) is 0 Å². The summed E-state index contributed by atoms with van der Waals surface area (Å²) < 4.78 is 0. The molecule has 2 heterocycles. The van der Waals surface area contributed by atoms with Gasteiger partial charge in [0.15, 0.2) is 0 Å². The number of likely N-dealkylation sites (tertiary alicyclic amines) is 1. The Morgan fingerprint density at radius 3 is 2.83 bits per heavy atom. The number of carbonyl (C=O) groups excluding carboxylic acids is 1. The summed E-state index contributed by atoms with van der Waals surface area (Å²) in [5.74, 6) is 0.311. The van der Waals surface area contributed by atoms with E-state index in [1.54, 1.807) is 0 Å². The third kappa shape index (κ3) is 1.04. The molecule has 3 heteroatoms. The molecule has 0 saturated carbocycles. The molecule has 1 spiro atoms. The fraction of sp³-hybridized carbons (Fsp3) is 0.889. The second-order valence-corrected chi connectivity index (χ2v) is 3.94. The van der Waals surface area contributed by atoms with Crippen LogP contribution >= 0.6 is 0 Å². The van der Waals surface area contributed by atoms with Gasteiger partial charge in [-0.2, -0.15) is 0 Å². The second-order valence-electron chi connectivity index (χ2n) is 3.94. The van der Waals surface area contributed by atoms with Crippen molar-refractivity contribution in [2.24, 2.45) is 0 Å². The summed E-state index contributed by atoms with van der Waals surface area (Å²) in [5.41, 5.74) is -0.160. The number of likely N-dealkylation sites (N-methyl/N-ethyl adjacent to an activating group) is 1. The van der Waals surface area contributed by atoms with Crippen molar-refractivity contribution in [3.8, 4) is 0 Å². The maximum Gasteiger partial charge on any atom is 0.242 e. The Bertz CT molecular complexity index is 197. The van der Waals surface area contributed by atoms with Crippen LogP contribution in [0.5, 0.6) is 0 Å². The normalized spacial score (nSPS) is 36.4. The molecule has 1 atom stereocenters. The highest BCUT2D eigenvalue weighted by Crippen LogP contribution is 2.29. The van der Waals surface area contributed by atoms with Crippen LogP contribution in [-0.2, 0) is 4.79 Å². The van der Waals surface area contributed by atoms with Crippen LogP contribution in [0.2, 0.25) is 0 Å². The summed E-state index contributed by atoms with van der Waals surface area (Å²) >= 11 is 0. The van der Waals surface area contributed by atoms with Crippen LogP contribution in [0.1, 0.15) is 25.7 Å². The highest BCUT2D eigenvalue weighted by molar-refractivity contribution is 5.87. The van der Waals surface area contributed by atoms with Crippen molar-refractivity contribution in [2.45, 2.75) is 31.2 Å². The minimum absolute atomic E-state index is 0.160. The predicted octanol–water partition coefficient (Wildman–Crippen LogP) is 0.361. The van der Waals surface area contributed by atoms with Crippen molar-refractivity contribution in [1.82, 2.24) is 10.2 Å². The highest BCUT2D eigenvalue weighted by Gasteiger charge is 2.44. The number of amides is 1. The first kappa shape index (κ1) is 8.05. The Hall–Kier alpha value is -0.570. The molecule has 2 rings (SSSR count). The smallest absolute Gasteiger partial charge is 0.242 e. The topological polar surface area (TPSA) is 32.3 Å². The van der Waals surface area contributed by atoms with Gasteiger partial charge in [-0.15, -0.1) is 0 Å². The van der Waals surface area contributed by atoms with Crippen molar-refractivity contribution in [1.29, 1.82) is 0 Å². The summed E-state index contributed by atoms with van der Waals surface area (Å²) in [6.07, 6.45) is 4.38. The van der Waals surface area contributed by atoms with Gasteiger partial charge in [0.1, 0.15) is 0 Å². The standard InChI is InChI=1S/C9H16N2O/c1-11-7-3-5-9(8(11)12)4-2-6-10-9/h10H,2-7H2,1H3/t9-/m1/s1. The van der Waals surface area contributed by atoms with E-state index in [1.807, 2.05) is 11.9 Å². The number of nitrogens with one attached hydrogen (secondary N) is 1. The van der Waals surface area contributed by atoms with Gasteiger partial charge >= 0.3 is 0 Å². The summed E-state index contributed by atoms with van der Waals surface area (Å²) in [6, 6.07) is 0. The monoisotopic (exact) mass is 168 g/mol. The largest absolute Gasteiger partial charge is 0.344 e. The second kappa shape index (κ2) is 2.73. The average molecular weight is 168 g/mol. The molecule has 0 unspecified atom stereocenters. The van der Waals surface area contributed by atoms with Crippen molar-refractivity contribution in [2.75, 3.05) is 20.1 Å². The lowest BCUT2D eigenvalue weighted by Crippen LogP contribution is -2.57. The van der Waals surface area contributed by atoms with E-state index in [0.717, 1.165) is 38.8 Å². The summed E-state index contributed by atoms with van der Waals surface area (Å²) in [5, 5.41) is 3.36. The molecule has 0 bridgehead atoms. The fourth-order valence-corrected chi connectivity index (χ4v) is 2.39. The van der Waals surface area contributed by atoms with Crippen LogP contribution in [0.25, 0.3) is 0 Å². The number of carbonyl (C=O) groups is 1. The number of hydrogen-bond donors (Lipinski definition) is 1. The summed E-state index contributed by atoms with van der Waals surface area (Å²) in [6.45, 7) is 1.95. The van der Waals surface area contributed by atoms with E-state index < -0.39 is 0 Å². The van der Waals surface area contributed by atoms with E-state index >= 15 is 0 Å². The molecule has 2 saturated heterocycles. The Labute approximate surface area is 73.1 Å². The van der Waals surface area contributed by atoms with Crippen molar-refractivity contribution < 1.29 is 4.79 Å². The van der Waals surface area contributed by atoms with Gasteiger partial charge in [-0.25, -0.2) is 0 Å². The van der Waals surface area contributed by atoms with Gasteiger partial charge in [-0.1, -0.05) is 0 Å². The van der Waals surface area contributed by atoms with Crippen molar-refractivity contribution in [3.05, 3.63) is 0 Å². The van der Waals surface area contributed by atoms with Crippen LogP contribution in [-0.4, -0.2) is 36.5 Å². The molecular formula is C9H16N2O. The molecule has 0 radical (unpaired) electrons. The van der Waals surface area contributed by atoms with E-state index in [2.05, 4.69) is 5.32 Å². The number of hydrogen-bond acceptors (Lipinski definition) is 2. The Morgan fingerprint density at radius 1 is 1.42 bits per heavy atom. The first-order valence-corrected chi connectivity index (χ1v) is 4.75. The first-order valence-electron chi connectivity index (χ1n) is 4.75. The van der Waals surface area contributed by atoms with E-state index in [0.29, 0.717) is 5.91 Å². The van der Waals surface area contributed by atoms with Gasteiger partial charge in [0.25, 0.3) is 0 Å². The molecule has 1 N–H and O–H groups in total. The molecule has 2 fully saturated rings. The van der Waals surface area contributed by atoms with Crippen LogP contribution in [0.4, 0.5) is 0 Å². The zero-order chi connectivity index (χ0) is 8.60. The molecule has 3 nitrogen and oxygen atoms in total. The maximum absolute atomic E-state index is 11.8. The van der Waals surface area contributed by atoms with E-state index in [-0.39, 0.29) is 5.54 Å². The Balaban J connectivity index is 2.17. The SMILES string of the molecule is CN1CCC[C@]2(CCCN2)C1=O. The Kier molecular flexibility index (Phi) is 1.83. The van der Waals surface area contributed by atoms with Crippen LogP contribution in [0.15, 0.2) is 0 Å². The highest BCUT2D eigenvalue weighted by atomic mass is 16.2. The van der Waals surface area contributed by atoms with Gasteiger partial charge in [-0.05, 0) is 32.2 Å². The minimum Gasteiger partial charge on any atom is -0.344 e. The quantitative estimate of drug-likeness (QED) is 0.566. The van der Waals surface area contributed by atoms with Crippen LogP contribution in [0.3, 0.4) is 0 Å². The lowest BCUT2D eigenvalue weighted by Gasteiger charge is -2.37. The van der Waals surface area contributed by atoms with Crippen molar-refractivity contribution in [3.63, 3.8) is 0 Å². The summed E-state index contributed by atoms with van der Waals surface area (Å²) in [7, 11) is 1.91. The molecule has 0 aromatic heterocycles. The van der Waals surface area contributed by atoms with Gasteiger partial charge in [0.05, 0.1) is 5.54 Å². The fourth-order valence-electron chi connectivity index (χ4n) is 2.39. The number of rotatable bonds is 0. The van der Waals surface area contributed by atoms with Gasteiger partial charge in [0.2, 0.25) is 5.91 Å². The molecule has 0 aliphatic carbocycles. The van der Waals surface area contributed by atoms with Crippen molar-refractivity contribution >= 4 is 5.91 Å². The molecule has 0 aromatic carbocycles. The average Bonchev–Trinajstić information content (AvgIpc) is 2.50. The molecule has 0 aromatic rings. The maximum atomic E-state index is 11.8. The number of piperidine rings is 1. The Morgan fingerprint density at radius 2 is 2.17 bits per heavy atom. The molecular weight excluding hydrogens is 152 g/mol. The van der Waals surface area contributed by atoms with E-state index in [9.17, 15) is 4.79 Å².